The van der Waals surface area contributed by atoms with Gasteiger partial charge in [0, 0.05) is 12.7 Å². The average molecular weight is 240 g/mol. The molecule has 0 fully saturated rings. The van der Waals surface area contributed by atoms with Crippen LogP contribution in [0.25, 0.3) is 0 Å². The standard InChI is InChI=1S/C10H16N4O3/c1-4-14-6-7(5-11-14)12-9(17)13-10(2,3)8(15)16/h5-6H,4H2,1-3H3,(H,15,16)(H2,12,13,17). The maximum atomic E-state index is 11.5. The minimum absolute atomic E-state index is 0.519. The summed E-state index contributed by atoms with van der Waals surface area (Å²) in [6.07, 6.45) is 3.16. The Balaban J connectivity index is 2.58. The number of carboxylic acid groups (broad SMARTS) is 1. The van der Waals surface area contributed by atoms with Crippen molar-refractivity contribution in [2.24, 2.45) is 0 Å². The molecule has 7 nitrogen and oxygen atoms in total. The molecule has 3 N–H and O–H groups in total. The number of hydrogen-bond acceptors (Lipinski definition) is 3. The van der Waals surface area contributed by atoms with Crippen molar-refractivity contribution in [3.63, 3.8) is 0 Å². The van der Waals surface area contributed by atoms with Gasteiger partial charge < -0.3 is 15.7 Å². The lowest BCUT2D eigenvalue weighted by Gasteiger charge is -2.20. The predicted molar refractivity (Wildman–Crippen MR) is 61.8 cm³/mol. The van der Waals surface area contributed by atoms with Crippen molar-refractivity contribution in [1.29, 1.82) is 0 Å². The van der Waals surface area contributed by atoms with E-state index in [1.54, 1.807) is 10.9 Å². The van der Waals surface area contributed by atoms with Crippen LogP contribution in [-0.2, 0) is 11.3 Å². The fraction of sp³-hybridized carbons (Fsp3) is 0.500. The van der Waals surface area contributed by atoms with Crippen LogP contribution < -0.4 is 10.6 Å². The van der Waals surface area contributed by atoms with Gasteiger partial charge in [-0.1, -0.05) is 0 Å². The molecule has 7 heteroatoms. The summed E-state index contributed by atoms with van der Waals surface area (Å²) in [5.74, 6) is -1.10. The molecule has 1 rings (SSSR count). The van der Waals surface area contributed by atoms with Gasteiger partial charge in [-0.2, -0.15) is 5.10 Å². The van der Waals surface area contributed by atoms with Gasteiger partial charge >= 0.3 is 12.0 Å². The molecule has 2 amide bonds. The highest BCUT2D eigenvalue weighted by atomic mass is 16.4. The van der Waals surface area contributed by atoms with Crippen LogP contribution in [0.15, 0.2) is 12.4 Å². The number of carboxylic acids is 1. The smallest absolute Gasteiger partial charge is 0.328 e. The number of aliphatic carboxylic acids is 1. The lowest BCUT2D eigenvalue weighted by Crippen LogP contribution is -2.51. The Labute approximate surface area is 98.8 Å². The Morgan fingerprint density at radius 2 is 2.18 bits per heavy atom. The third-order valence-corrected chi connectivity index (χ3v) is 2.18. The van der Waals surface area contributed by atoms with Crippen molar-refractivity contribution in [3.05, 3.63) is 12.4 Å². The number of amides is 2. The molecule has 0 saturated carbocycles. The summed E-state index contributed by atoms with van der Waals surface area (Å²) in [5.41, 5.74) is -0.796. The second kappa shape index (κ2) is 4.86. The van der Waals surface area contributed by atoms with Crippen LogP contribution >= 0.6 is 0 Å². The minimum atomic E-state index is -1.31. The van der Waals surface area contributed by atoms with Crippen LogP contribution in [-0.4, -0.2) is 32.4 Å². The Morgan fingerprint density at radius 1 is 1.53 bits per heavy atom. The van der Waals surface area contributed by atoms with E-state index in [1.807, 2.05) is 6.92 Å². The minimum Gasteiger partial charge on any atom is -0.480 e. The number of carbonyl (C=O) groups excluding carboxylic acids is 1. The van der Waals surface area contributed by atoms with E-state index in [1.165, 1.54) is 20.0 Å². The molecule has 17 heavy (non-hydrogen) atoms. The number of aromatic nitrogens is 2. The van der Waals surface area contributed by atoms with E-state index >= 15 is 0 Å². The van der Waals surface area contributed by atoms with Crippen molar-refractivity contribution in [2.45, 2.75) is 32.9 Å². The maximum absolute atomic E-state index is 11.5. The third-order valence-electron chi connectivity index (χ3n) is 2.18. The molecule has 94 valence electrons. The number of hydrogen-bond donors (Lipinski definition) is 3. The van der Waals surface area contributed by atoms with Gasteiger partial charge in [-0.05, 0) is 20.8 Å². The van der Waals surface area contributed by atoms with Gasteiger partial charge in [-0.15, -0.1) is 0 Å². The molecule has 0 saturated heterocycles. The molecule has 0 radical (unpaired) electrons. The first-order valence-electron chi connectivity index (χ1n) is 5.20. The lowest BCUT2D eigenvalue weighted by molar-refractivity contribution is -0.142. The number of aryl methyl sites for hydroxylation is 1. The van der Waals surface area contributed by atoms with E-state index in [0.717, 1.165) is 0 Å². The Hall–Kier alpha value is -2.05. The Kier molecular flexibility index (Phi) is 3.72. The lowest BCUT2D eigenvalue weighted by atomic mass is 10.1. The molecule has 0 aliphatic rings. The van der Waals surface area contributed by atoms with Gasteiger partial charge in [0.2, 0.25) is 0 Å². The monoisotopic (exact) mass is 240 g/mol. The highest BCUT2D eigenvalue weighted by Gasteiger charge is 2.28. The van der Waals surface area contributed by atoms with E-state index in [4.69, 9.17) is 5.11 Å². The van der Waals surface area contributed by atoms with Gasteiger partial charge in [-0.25, -0.2) is 9.59 Å². The van der Waals surface area contributed by atoms with E-state index in [2.05, 4.69) is 15.7 Å². The van der Waals surface area contributed by atoms with E-state index < -0.39 is 17.5 Å². The molecule has 0 spiro atoms. The van der Waals surface area contributed by atoms with Crippen molar-refractivity contribution < 1.29 is 14.7 Å². The SMILES string of the molecule is CCn1cc(NC(=O)NC(C)(C)C(=O)O)cn1. The fourth-order valence-corrected chi connectivity index (χ4v) is 1.10. The van der Waals surface area contributed by atoms with Crippen molar-refractivity contribution in [1.82, 2.24) is 15.1 Å². The number of urea groups is 1. The zero-order valence-corrected chi connectivity index (χ0v) is 10.0. The van der Waals surface area contributed by atoms with Gasteiger partial charge in [0.05, 0.1) is 11.9 Å². The Bertz CT molecular complexity index is 425. The molecular formula is C10H16N4O3. The molecule has 1 aromatic heterocycles. The maximum Gasteiger partial charge on any atom is 0.328 e. The van der Waals surface area contributed by atoms with Crippen molar-refractivity contribution in [2.75, 3.05) is 5.32 Å². The highest BCUT2D eigenvalue weighted by Crippen LogP contribution is 2.06. The van der Waals surface area contributed by atoms with E-state index in [9.17, 15) is 9.59 Å². The van der Waals surface area contributed by atoms with Crippen LogP contribution in [0, 0.1) is 0 Å². The third kappa shape index (κ3) is 3.47. The van der Waals surface area contributed by atoms with E-state index in [-0.39, 0.29) is 0 Å². The summed E-state index contributed by atoms with van der Waals surface area (Å²) in [5, 5.41) is 17.7. The first-order chi connectivity index (χ1) is 7.85. The zero-order chi connectivity index (χ0) is 13.1. The van der Waals surface area contributed by atoms with Crippen LogP contribution in [0.3, 0.4) is 0 Å². The summed E-state index contributed by atoms with van der Waals surface area (Å²) >= 11 is 0. The topological polar surface area (TPSA) is 96.2 Å². The summed E-state index contributed by atoms with van der Waals surface area (Å²) < 4.78 is 1.65. The molecule has 0 aliphatic heterocycles. The van der Waals surface area contributed by atoms with Crippen molar-refractivity contribution in [3.8, 4) is 0 Å². The number of carbonyl (C=O) groups is 2. The van der Waals surface area contributed by atoms with Gasteiger partial charge in [0.1, 0.15) is 5.54 Å². The molecular weight excluding hydrogens is 224 g/mol. The van der Waals surface area contributed by atoms with Crippen LogP contribution in [0.5, 0.6) is 0 Å². The van der Waals surface area contributed by atoms with Crippen LogP contribution in [0.1, 0.15) is 20.8 Å². The predicted octanol–water partition coefficient (Wildman–Crippen LogP) is 0.888. The summed E-state index contributed by atoms with van der Waals surface area (Å²) in [6.45, 7) is 5.43. The van der Waals surface area contributed by atoms with Crippen LogP contribution in [0.4, 0.5) is 10.5 Å². The molecule has 0 aromatic carbocycles. The normalized spacial score (nSPS) is 11.0. The summed E-state index contributed by atoms with van der Waals surface area (Å²) in [4.78, 5) is 22.3. The first-order valence-corrected chi connectivity index (χ1v) is 5.20. The zero-order valence-electron chi connectivity index (χ0n) is 10.0. The van der Waals surface area contributed by atoms with Crippen LogP contribution in [0.2, 0.25) is 0 Å². The molecule has 0 atom stereocenters. The van der Waals surface area contributed by atoms with E-state index in [0.29, 0.717) is 12.2 Å². The number of rotatable bonds is 4. The number of nitrogens with zero attached hydrogens (tertiary/aromatic N) is 2. The van der Waals surface area contributed by atoms with Crippen molar-refractivity contribution >= 4 is 17.7 Å². The molecule has 0 unspecified atom stereocenters. The summed E-state index contributed by atoms with van der Waals surface area (Å²) in [7, 11) is 0. The second-order valence-corrected chi connectivity index (χ2v) is 4.09. The largest absolute Gasteiger partial charge is 0.480 e. The van der Waals surface area contributed by atoms with Gasteiger partial charge in [0.25, 0.3) is 0 Å². The Morgan fingerprint density at radius 3 is 2.65 bits per heavy atom. The van der Waals surface area contributed by atoms with Gasteiger partial charge in [0.15, 0.2) is 0 Å². The number of nitrogens with one attached hydrogen (secondary N) is 2. The van der Waals surface area contributed by atoms with Gasteiger partial charge in [-0.3, -0.25) is 4.68 Å². The fourth-order valence-electron chi connectivity index (χ4n) is 1.10. The highest BCUT2D eigenvalue weighted by molar-refractivity contribution is 5.93. The molecule has 1 aromatic rings. The number of anilines is 1. The molecule has 1 heterocycles. The average Bonchev–Trinajstić information content (AvgIpc) is 2.64. The molecule has 0 aliphatic carbocycles. The first kappa shape index (κ1) is 13.0. The molecule has 0 bridgehead atoms. The second-order valence-electron chi connectivity index (χ2n) is 4.09. The quantitative estimate of drug-likeness (QED) is 0.728. The summed E-state index contributed by atoms with van der Waals surface area (Å²) in [6, 6.07) is -0.576.